The largest absolute Gasteiger partial charge is 0.385 e. The van der Waals surface area contributed by atoms with Crippen LogP contribution in [0.2, 0.25) is 0 Å². The van der Waals surface area contributed by atoms with Crippen LogP contribution in [0.25, 0.3) is 0 Å². The van der Waals surface area contributed by atoms with E-state index in [0.717, 1.165) is 32.8 Å². The summed E-state index contributed by atoms with van der Waals surface area (Å²) in [5.74, 6) is 0. The van der Waals surface area contributed by atoms with Gasteiger partial charge in [-0.25, -0.2) is 0 Å². The van der Waals surface area contributed by atoms with Crippen LogP contribution in [0.4, 0.5) is 0 Å². The summed E-state index contributed by atoms with van der Waals surface area (Å²) in [6.45, 7) is 3.37. The first-order valence-electron chi connectivity index (χ1n) is 5.88. The first kappa shape index (κ1) is 12.7. The third kappa shape index (κ3) is 6.66. The Labute approximate surface area is 92.8 Å². The lowest BCUT2D eigenvalue weighted by atomic mass is 10.0. The average Bonchev–Trinajstić information content (AvgIpc) is 2.29. The van der Waals surface area contributed by atoms with E-state index in [1.165, 1.54) is 19.3 Å². The van der Waals surface area contributed by atoms with E-state index in [4.69, 9.17) is 9.47 Å². The molecule has 0 radical (unpaired) electrons. The maximum absolute atomic E-state index is 5.47. The lowest BCUT2D eigenvalue weighted by molar-refractivity contribution is 0.103. The van der Waals surface area contributed by atoms with Crippen molar-refractivity contribution in [2.24, 2.45) is 0 Å². The Balaban J connectivity index is 1.82. The normalized spacial score (nSPS) is 20.7. The minimum atomic E-state index is 0.664. The molecule has 0 saturated heterocycles. The van der Waals surface area contributed by atoms with Crippen LogP contribution in [0.3, 0.4) is 0 Å². The summed E-state index contributed by atoms with van der Waals surface area (Å²) in [6, 6.07) is 0.664. The predicted octanol–water partition coefficient (Wildman–Crippen LogP) is 1.74. The summed E-state index contributed by atoms with van der Waals surface area (Å²) >= 11 is 0. The van der Waals surface area contributed by atoms with E-state index in [9.17, 15) is 0 Å². The Morgan fingerprint density at radius 3 is 2.93 bits per heavy atom. The minimum Gasteiger partial charge on any atom is -0.385 e. The van der Waals surface area contributed by atoms with Gasteiger partial charge in [-0.2, -0.15) is 0 Å². The number of allylic oxidation sites excluding steroid dienone is 1. The van der Waals surface area contributed by atoms with Gasteiger partial charge in [-0.15, -0.1) is 0 Å². The molecule has 0 fully saturated rings. The van der Waals surface area contributed by atoms with Crippen LogP contribution in [0.1, 0.15) is 25.7 Å². The highest BCUT2D eigenvalue weighted by atomic mass is 16.5. The second-order valence-electron chi connectivity index (χ2n) is 3.89. The van der Waals surface area contributed by atoms with E-state index < -0.39 is 0 Å². The SMILES string of the molecule is COCCCOCCNC1CC=CCC1. The molecule has 0 aromatic carbocycles. The summed E-state index contributed by atoms with van der Waals surface area (Å²) in [4.78, 5) is 0. The van der Waals surface area contributed by atoms with E-state index in [2.05, 4.69) is 17.5 Å². The van der Waals surface area contributed by atoms with Gasteiger partial charge < -0.3 is 14.8 Å². The third-order valence-electron chi connectivity index (χ3n) is 2.59. The summed E-state index contributed by atoms with van der Waals surface area (Å²) in [7, 11) is 1.72. The third-order valence-corrected chi connectivity index (χ3v) is 2.59. The van der Waals surface area contributed by atoms with Crippen molar-refractivity contribution < 1.29 is 9.47 Å². The monoisotopic (exact) mass is 213 g/mol. The van der Waals surface area contributed by atoms with Gasteiger partial charge in [0.25, 0.3) is 0 Å². The fraction of sp³-hybridized carbons (Fsp3) is 0.833. The zero-order chi connectivity index (χ0) is 10.8. The Hall–Kier alpha value is -0.380. The zero-order valence-corrected chi connectivity index (χ0v) is 9.71. The molecule has 0 bridgehead atoms. The highest BCUT2D eigenvalue weighted by molar-refractivity contribution is 4.92. The van der Waals surface area contributed by atoms with Gasteiger partial charge in [-0.05, 0) is 25.7 Å². The van der Waals surface area contributed by atoms with Crippen molar-refractivity contribution in [2.45, 2.75) is 31.7 Å². The maximum Gasteiger partial charge on any atom is 0.0591 e. The second kappa shape index (κ2) is 8.89. The molecule has 1 N–H and O–H groups in total. The van der Waals surface area contributed by atoms with Crippen LogP contribution in [-0.2, 0) is 9.47 Å². The van der Waals surface area contributed by atoms with Crippen LogP contribution in [-0.4, -0.2) is 39.5 Å². The maximum atomic E-state index is 5.47. The fourth-order valence-electron chi connectivity index (χ4n) is 1.72. The summed E-state index contributed by atoms with van der Waals surface area (Å²) < 4.78 is 10.4. The molecule has 0 aromatic heterocycles. The Morgan fingerprint density at radius 1 is 1.27 bits per heavy atom. The lowest BCUT2D eigenvalue weighted by Crippen LogP contribution is -2.32. The van der Waals surface area contributed by atoms with E-state index in [1.807, 2.05) is 0 Å². The van der Waals surface area contributed by atoms with Crippen molar-refractivity contribution in [1.29, 1.82) is 0 Å². The predicted molar refractivity (Wildman–Crippen MR) is 62.1 cm³/mol. The number of hydrogen-bond acceptors (Lipinski definition) is 3. The summed E-state index contributed by atoms with van der Waals surface area (Å²) in [5.41, 5.74) is 0. The van der Waals surface area contributed by atoms with E-state index >= 15 is 0 Å². The first-order valence-corrected chi connectivity index (χ1v) is 5.88. The minimum absolute atomic E-state index is 0.664. The van der Waals surface area contributed by atoms with Crippen LogP contribution < -0.4 is 5.32 Å². The van der Waals surface area contributed by atoms with Gasteiger partial charge in [-0.1, -0.05) is 12.2 Å². The molecule has 0 heterocycles. The number of hydrogen-bond donors (Lipinski definition) is 1. The molecular weight excluding hydrogens is 190 g/mol. The second-order valence-corrected chi connectivity index (χ2v) is 3.89. The van der Waals surface area contributed by atoms with Gasteiger partial charge in [0, 0.05) is 32.9 Å². The van der Waals surface area contributed by atoms with Crippen LogP contribution in [0.5, 0.6) is 0 Å². The molecule has 0 saturated carbocycles. The summed E-state index contributed by atoms with van der Waals surface area (Å²) in [6.07, 6.45) is 9.17. The molecule has 1 unspecified atom stereocenters. The van der Waals surface area contributed by atoms with Gasteiger partial charge in [-0.3, -0.25) is 0 Å². The molecule has 15 heavy (non-hydrogen) atoms. The topological polar surface area (TPSA) is 30.5 Å². The highest BCUT2D eigenvalue weighted by Gasteiger charge is 2.07. The van der Waals surface area contributed by atoms with Crippen molar-refractivity contribution in [2.75, 3.05) is 33.5 Å². The number of nitrogens with one attached hydrogen (secondary N) is 1. The summed E-state index contributed by atoms with van der Waals surface area (Å²) in [5, 5.41) is 3.50. The fourth-order valence-corrected chi connectivity index (χ4v) is 1.72. The van der Waals surface area contributed by atoms with Crippen molar-refractivity contribution in [3.05, 3.63) is 12.2 Å². The van der Waals surface area contributed by atoms with E-state index in [1.54, 1.807) is 7.11 Å². The Kier molecular flexibility index (Phi) is 7.52. The van der Waals surface area contributed by atoms with E-state index in [0.29, 0.717) is 6.04 Å². The highest BCUT2D eigenvalue weighted by Crippen LogP contribution is 2.09. The molecule has 0 aliphatic heterocycles. The lowest BCUT2D eigenvalue weighted by Gasteiger charge is -2.19. The molecule has 3 nitrogen and oxygen atoms in total. The number of methoxy groups -OCH3 is 1. The Bertz CT molecular complexity index is 171. The Morgan fingerprint density at radius 2 is 2.20 bits per heavy atom. The first-order chi connectivity index (χ1) is 7.43. The van der Waals surface area contributed by atoms with Crippen LogP contribution in [0, 0.1) is 0 Å². The van der Waals surface area contributed by atoms with Crippen LogP contribution in [0.15, 0.2) is 12.2 Å². The van der Waals surface area contributed by atoms with Gasteiger partial charge in [0.15, 0.2) is 0 Å². The number of rotatable bonds is 8. The van der Waals surface area contributed by atoms with Gasteiger partial charge >= 0.3 is 0 Å². The molecule has 1 aliphatic carbocycles. The van der Waals surface area contributed by atoms with Crippen molar-refractivity contribution in [3.63, 3.8) is 0 Å². The molecule has 1 aliphatic rings. The van der Waals surface area contributed by atoms with Gasteiger partial charge in [0.2, 0.25) is 0 Å². The van der Waals surface area contributed by atoms with E-state index in [-0.39, 0.29) is 0 Å². The molecule has 1 atom stereocenters. The van der Waals surface area contributed by atoms with Crippen LogP contribution >= 0.6 is 0 Å². The van der Waals surface area contributed by atoms with Crippen molar-refractivity contribution >= 4 is 0 Å². The van der Waals surface area contributed by atoms with Crippen molar-refractivity contribution in [1.82, 2.24) is 5.32 Å². The molecule has 0 amide bonds. The molecule has 1 rings (SSSR count). The average molecular weight is 213 g/mol. The molecule has 88 valence electrons. The van der Waals surface area contributed by atoms with Crippen molar-refractivity contribution in [3.8, 4) is 0 Å². The molecule has 0 spiro atoms. The smallest absolute Gasteiger partial charge is 0.0591 e. The number of ether oxygens (including phenoxy) is 2. The molecule has 0 aromatic rings. The zero-order valence-electron chi connectivity index (χ0n) is 9.71. The molecule has 3 heteroatoms. The quantitative estimate of drug-likeness (QED) is 0.492. The van der Waals surface area contributed by atoms with Gasteiger partial charge in [0.1, 0.15) is 0 Å². The van der Waals surface area contributed by atoms with Gasteiger partial charge in [0.05, 0.1) is 6.61 Å². The standard InChI is InChI=1S/C12H23NO2/c1-14-9-5-10-15-11-8-13-12-6-3-2-4-7-12/h2-3,12-13H,4-11H2,1H3. The molecular formula is C12H23NO2.